The monoisotopic (exact) mass is 154 g/mol. The molecule has 2 rings (SSSR count). The number of hydrogen-bond acceptors (Lipinski definition) is 2. The van der Waals surface area contributed by atoms with Crippen molar-refractivity contribution in [3.8, 4) is 0 Å². The minimum absolute atomic E-state index is 0.510. The summed E-state index contributed by atoms with van der Waals surface area (Å²) < 4.78 is 0. The fourth-order valence-electron chi connectivity index (χ4n) is 2.19. The van der Waals surface area contributed by atoms with Gasteiger partial charge in [-0.05, 0) is 38.3 Å². The van der Waals surface area contributed by atoms with Crippen LogP contribution in [-0.2, 0) is 0 Å². The second-order valence-corrected chi connectivity index (χ2v) is 4.01. The molecule has 0 amide bonds. The van der Waals surface area contributed by atoms with Gasteiger partial charge in [0, 0.05) is 12.6 Å². The average Bonchev–Trinajstić information content (AvgIpc) is 2.27. The fourth-order valence-corrected chi connectivity index (χ4v) is 2.19. The lowest BCUT2D eigenvalue weighted by atomic mass is 10.0. The van der Waals surface area contributed by atoms with Crippen LogP contribution in [0.5, 0.6) is 0 Å². The van der Waals surface area contributed by atoms with Crippen LogP contribution in [-0.4, -0.2) is 30.6 Å². The molecule has 0 aromatic rings. The molecule has 0 radical (unpaired) electrons. The molecule has 2 heteroatoms. The minimum Gasteiger partial charge on any atom is -0.327 e. The molecular formula is C9H18N2. The highest BCUT2D eigenvalue weighted by Gasteiger charge is 2.27. The topological polar surface area (TPSA) is 29.3 Å². The molecule has 2 nitrogen and oxygen atoms in total. The number of hydrogen-bond donors (Lipinski definition) is 1. The molecule has 2 fully saturated rings. The van der Waals surface area contributed by atoms with Gasteiger partial charge in [0.05, 0.1) is 0 Å². The Morgan fingerprint density at radius 1 is 1.18 bits per heavy atom. The normalized spacial score (nSPS) is 39.0. The quantitative estimate of drug-likeness (QED) is 0.638. The van der Waals surface area contributed by atoms with Gasteiger partial charge in [0.15, 0.2) is 0 Å². The van der Waals surface area contributed by atoms with E-state index in [2.05, 4.69) is 4.90 Å². The SMILES string of the molecule is NC1CCCC1CN1CCC1. The predicted octanol–water partition coefficient (Wildman–Crippen LogP) is 0.819. The molecule has 2 atom stereocenters. The third-order valence-electron chi connectivity index (χ3n) is 3.16. The van der Waals surface area contributed by atoms with E-state index < -0.39 is 0 Å². The summed E-state index contributed by atoms with van der Waals surface area (Å²) in [6, 6.07) is 0.510. The molecule has 64 valence electrons. The van der Waals surface area contributed by atoms with Gasteiger partial charge in [-0.25, -0.2) is 0 Å². The maximum atomic E-state index is 5.98. The lowest BCUT2D eigenvalue weighted by Crippen LogP contribution is -2.43. The van der Waals surface area contributed by atoms with Crippen molar-refractivity contribution in [1.29, 1.82) is 0 Å². The Balaban J connectivity index is 1.75. The van der Waals surface area contributed by atoms with Crippen LogP contribution in [0.3, 0.4) is 0 Å². The standard InChI is InChI=1S/C9H18N2/c10-9-4-1-3-8(9)7-11-5-2-6-11/h8-9H,1-7,10H2. The molecule has 1 heterocycles. The van der Waals surface area contributed by atoms with E-state index in [-0.39, 0.29) is 0 Å². The average molecular weight is 154 g/mol. The van der Waals surface area contributed by atoms with E-state index in [0.29, 0.717) is 6.04 Å². The van der Waals surface area contributed by atoms with Gasteiger partial charge in [-0.15, -0.1) is 0 Å². The van der Waals surface area contributed by atoms with Gasteiger partial charge >= 0.3 is 0 Å². The second-order valence-electron chi connectivity index (χ2n) is 4.01. The van der Waals surface area contributed by atoms with E-state index >= 15 is 0 Å². The Morgan fingerprint density at radius 2 is 2.00 bits per heavy atom. The lowest BCUT2D eigenvalue weighted by Gasteiger charge is -2.34. The van der Waals surface area contributed by atoms with E-state index in [1.165, 1.54) is 45.3 Å². The Labute approximate surface area is 68.7 Å². The molecule has 2 unspecified atom stereocenters. The van der Waals surface area contributed by atoms with E-state index in [0.717, 1.165) is 5.92 Å². The highest BCUT2D eigenvalue weighted by molar-refractivity contribution is 4.84. The van der Waals surface area contributed by atoms with Gasteiger partial charge in [-0.3, -0.25) is 0 Å². The number of rotatable bonds is 2. The van der Waals surface area contributed by atoms with Gasteiger partial charge in [-0.1, -0.05) is 6.42 Å². The number of nitrogens with zero attached hydrogens (tertiary/aromatic N) is 1. The summed E-state index contributed by atoms with van der Waals surface area (Å²) in [6.07, 6.45) is 5.40. The summed E-state index contributed by atoms with van der Waals surface area (Å²) >= 11 is 0. The maximum absolute atomic E-state index is 5.98. The summed E-state index contributed by atoms with van der Waals surface area (Å²) in [6.45, 7) is 3.92. The molecule has 0 aromatic heterocycles. The van der Waals surface area contributed by atoms with Crippen molar-refractivity contribution in [2.45, 2.75) is 31.7 Å². The van der Waals surface area contributed by atoms with E-state index in [1.807, 2.05) is 0 Å². The van der Waals surface area contributed by atoms with E-state index in [1.54, 1.807) is 0 Å². The Hall–Kier alpha value is -0.0800. The first-order chi connectivity index (χ1) is 5.36. The van der Waals surface area contributed by atoms with E-state index in [4.69, 9.17) is 5.73 Å². The molecule has 1 saturated heterocycles. The van der Waals surface area contributed by atoms with Crippen molar-refractivity contribution in [3.05, 3.63) is 0 Å². The van der Waals surface area contributed by atoms with Gasteiger partial charge in [-0.2, -0.15) is 0 Å². The predicted molar refractivity (Wildman–Crippen MR) is 46.4 cm³/mol. The number of nitrogens with two attached hydrogens (primary N) is 1. The van der Waals surface area contributed by atoms with Crippen LogP contribution < -0.4 is 5.73 Å². The van der Waals surface area contributed by atoms with Crippen molar-refractivity contribution < 1.29 is 0 Å². The Morgan fingerprint density at radius 3 is 2.45 bits per heavy atom. The van der Waals surface area contributed by atoms with Gasteiger partial charge in [0.2, 0.25) is 0 Å². The highest BCUT2D eigenvalue weighted by atomic mass is 15.2. The first kappa shape index (κ1) is 7.56. The lowest BCUT2D eigenvalue weighted by molar-refractivity contribution is 0.148. The molecule has 0 aromatic carbocycles. The van der Waals surface area contributed by atoms with Crippen molar-refractivity contribution in [1.82, 2.24) is 4.90 Å². The third kappa shape index (κ3) is 1.57. The Kier molecular flexibility index (Phi) is 2.14. The molecular weight excluding hydrogens is 136 g/mol. The minimum atomic E-state index is 0.510. The molecule has 2 N–H and O–H groups in total. The molecule has 0 bridgehead atoms. The van der Waals surface area contributed by atoms with Gasteiger partial charge in [0.25, 0.3) is 0 Å². The van der Waals surface area contributed by atoms with Crippen LogP contribution >= 0.6 is 0 Å². The summed E-state index contributed by atoms with van der Waals surface area (Å²) in [7, 11) is 0. The number of likely N-dealkylation sites (tertiary alicyclic amines) is 1. The van der Waals surface area contributed by atoms with Crippen molar-refractivity contribution in [3.63, 3.8) is 0 Å². The zero-order chi connectivity index (χ0) is 7.68. The first-order valence-electron chi connectivity index (χ1n) is 4.84. The summed E-state index contributed by atoms with van der Waals surface area (Å²) in [5.74, 6) is 0.815. The van der Waals surface area contributed by atoms with Crippen molar-refractivity contribution >= 4 is 0 Å². The van der Waals surface area contributed by atoms with Crippen LogP contribution in [0.15, 0.2) is 0 Å². The van der Waals surface area contributed by atoms with Crippen LogP contribution in [0.25, 0.3) is 0 Å². The second kappa shape index (κ2) is 3.11. The van der Waals surface area contributed by atoms with Crippen LogP contribution in [0, 0.1) is 5.92 Å². The molecule has 2 aliphatic rings. The first-order valence-corrected chi connectivity index (χ1v) is 4.84. The van der Waals surface area contributed by atoms with Crippen LogP contribution in [0.2, 0.25) is 0 Å². The zero-order valence-electron chi connectivity index (χ0n) is 7.13. The van der Waals surface area contributed by atoms with Crippen LogP contribution in [0.1, 0.15) is 25.7 Å². The van der Waals surface area contributed by atoms with Crippen LogP contribution in [0.4, 0.5) is 0 Å². The zero-order valence-corrected chi connectivity index (χ0v) is 7.13. The molecule has 1 aliphatic heterocycles. The largest absolute Gasteiger partial charge is 0.327 e. The third-order valence-corrected chi connectivity index (χ3v) is 3.16. The van der Waals surface area contributed by atoms with Crippen molar-refractivity contribution in [2.75, 3.05) is 19.6 Å². The summed E-state index contributed by atoms with van der Waals surface area (Å²) in [5.41, 5.74) is 5.98. The Bertz CT molecular complexity index is 132. The molecule has 1 saturated carbocycles. The van der Waals surface area contributed by atoms with Gasteiger partial charge in [0.1, 0.15) is 0 Å². The fraction of sp³-hybridized carbons (Fsp3) is 1.00. The highest BCUT2D eigenvalue weighted by Crippen LogP contribution is 2.25. The summed E-state index contributed by atoms with van der Waals surface area (Å²) in [4.78, 5) is 2.54. The molecule has 0 spiro atoms. The van der Waals surface area contributed by atoms with E-state index in [9.17, 15) is 0 Å². The molecule has 1 aliphatic carbocycles. The summed E-state index contributed by atoms with van der Waals surface area (Å²) in [5, 5.41) is 0. The molecule has 11 heavy (non-hydrogen) atoms. The maximum Gasteiger partial charge on any atom is 0.00793 e. The smallest absolute Gasteiger partial charge is 0.00793 e. The van der Waals surface area contributed by atoms with Gasteiger partial charge < -0.3 is 10.6 Å². The van der Waals surface area contributed by atoms with Crippen molar-refractivity contribution in [2.24, 2.45) is 11.7 Å².